The minimum atomic E-state index is -0.456. The molecule has 0 radical (unpaired) electrons. The van der Waals surface area contributed by atoms with E-state index in [9.17, 15) is 14.0 Å². The molecule has 0 unspecified atom stereocenters. The van der Waals surface area contributed by atoms with Crippen molar-refractivity contribution in [3.8, 4) is 5.69 Å². The number of benzene rings is 2. The Balaban J connectivity index is 1.78. The summed E-state index contributed by atoms with van der Waals surface area (Å²) in [6, 6.07) is 13.7. The van der Waals surface area contributed by atoms with E-state index in [0.29, 0.717) is 29.0 Å². The Bertz CT molecular complexity index is 1340. The highest BCUT2D eigenvalue weighted by Gasteiger charge is 2.18. The summed E-state index contributed by atoms with van der Waals surface area (Å²) < 4.78 is 14.5. The van der Waals surface area contributed by atoms with E-state index >= 15 is 0 Å². The molecule has 5 nitrogen and oxygen atoms in total. The third-order valence-corrected chi connectivity index (χ3v) is 5.44. The van der Waals surface area contributed by atoms with Gasteiger partial charge >= 0.3 is 0 Å². The van der Waals surface area contributed by atoms with Gasteiger partial charge in [-0.1, -0.05) is 45.0 Å². The Kier molecular flexibility index (Phi) is 4.73. The molecule has 0 spiro atoms. The molecule has 0 bridgehead atoms. The highest BCUT2D eigenvalue weighted by Crippen LogP contribution is 2.23. The molecule has 30 heavy (non-hydrogen) atoms. The lowest BCUT2D eigenvalue weighted by Gasteiger charge is -2.19. The van der Waals surface area contributed by atoms with Crippen molar-refractivity contribution in [2.75, 3.05) is 0 Å². The van der Waals surface area contributed by atoms with Crippen LogP contribution in [0.2, 0.25) is 0 Å². The molecule has 0 atom stereocenters. The molecule has 4 rings (SSSR count). The predicted molar refractivity (Wildman–Crippen MR) is 117 cm³/mol. The predicted octanol–water partition coefficient (Wildman–Crippen LogP) is 4.34. The standard InChI is InChI=1S/C24H24FN3O2/c1-14-19(13-15-5-7-16(8-6-15)24(2,3)4)21(29)20-22(26-14)27-28(23(20)30)18-11-9-17(25)10-12-18/h5-12H,13H2,1-4H3,(H2,26,27,29). The van der Waals surface area contributed by atoms with Gasteiger partial charge in [-0.05, 0) is 47.7 Å². The largest absolute Gasteiger partial charge is 0.343 e. The quantitative estimate of drug-likeness (QED) is 0.532. The molecule has 154 valence electrons. The van der Waals surface area contributed by atoms with Crippen molar-refractivity contribution in [3.05, 3.63) is 97.3 Å². The van der Waals surface area contributed by atoms with Gasteiger partial charge in [0, 0.05) is 17.7 Å². The molecule has 2 heterocycles. The third kappa shape index (κ3) is 3.49. The second-order valence-electron chi connectivity index (χ2n) is 8.66. The number of pyridine rings is 1. The van der Waals surface area contributed by atoms with Crippen LogP contribution in [0.5, 0.6) is 0 Å². The van der Waals surface area contributed by atoms with Gasteiger partial charge < -0.3 is 4.98 Å². The minimum Gasteiger partial charge on any atom is -0.343 e. The van der Waals surface area contributed by atoms with Crippen LogP contribution >= 0.6 is 0 Å². The van der Waals surface area contributed by atoms with Crippen molar-refractivity contribution < 1.29 is 4.39 Å². The first-order valence-corrected chi connectivity index (χ1v) is 9.87. The molecule has 0 aliphatic carbocycles. The van der Waals surface area contributed by atoms with Crippen LogP contribution in [0.4, 0.5) is 4.39 Å². The lowest BCUT2D eigenvalue weighted by atomic mass is 9.86. The molecule has 0 aliphatic rings. The summed E-state index contributed by atoms with van der Waals surface area (Å²) in [5, 5.41) is 3.00. The maximum atomic E-state index is 13.2. The average Bonchev–Trinajstić information content (AvgIpc) is 3.01. The normalized spacial score (nSPS) is 11.9. The second kappa shape index (κ2) is 7.13. The Morgan fingerprint density at radius 1 is 0.967 bits per heavy atom. The second-order valence-corrected chi connectivity index (χ2v) is 8.66. The molecule has 2 N–H and O–H groups in total. The van der Waals surface area contributed by atoms with Crippen LogP contribution in [0.3, 0.4) is 0 Å². The van der Waals surface area contributed by atoms with Crippen molar-refractivity contribution in [3.63, 3.8) is 0 Å². The molecular formula is C24H24FN3O2. The summed E-state index contributed by atoms with van der Waals surface area (Å²) in [6.07, 6.45) is 0.433. The van der Waals surface area contributed by atoms with Gasteiger partial charge in [-0.2, -0.15) is 0 Å². The van der Waals surface area contributed by atoms with Gasteiger partial charge in [-0.25, -0.2) is 9.07 Å². The van der Waals surface area contributed by atoms with Crippen LogP contribution in [0.25, 0.3) is 16.7 Å². The minimum absolute atomic E-state index is 0.0569. The van der Waals surface area contributed by atoms with E-state index in [4.69, 9.17) is 0 Å². The molecule has 0 fully saturated rings. The van der Waals surface area contributed by atoms with Gasteiger partial charge in [0.1, 0.15) is 16.9 Å². The molecule has 4 aromatic rings. The fourth-order valence-corrected chi connectivity index (χ4v) is 3.63. The van der Waals surface area contributed by atoms with Gasteiger partial charge in [0.2, 0.25) is 0 Å². The van der Waals surface area contributed by atoms with Crippen LogP contribution in [-0.4, -0.2) is 14.8 Å². The molecule has 0 amide bonds. The monoisotopic (exact) mass is 405 g/mol. The third-order valence-electron chi connectivity index (χ3n) is 5.44. The summed E-state index contributed by atoms with van der Waals surface area (Å²) >= 11 is 0. The first-order valence-electron chi connectivity index (χ1n) is 9.87. The van der Waals surface area contributed by atoms with Crippen molar-refractivity contribution in [2.45, 2.75) is 39.5 Å². The smallest absolute Gasteiger partial charge is 0.284 e. The van der Waals surface area contributed by atoms with E-state index in [1.165, 1.54) is 34.5 Å². The Morgan fingerprint density at radius 3 is 2.20 bits per heavy atom. The Hall–Kier alpha value is -3.41. The lowest BCUT2D eigenvalue weighted by molar-refractivity contribution is 0.590. The van der Waals surface area contributed by atoms with Crippen LogP contribution in [0.15, 0.2) is 58.1 Å². The molecular weight excluding hydrogens is 381 g/mol. The average molecular weight is 405 g/mol. The van der Waals surface area contributed by atoms with Crippen molar-refractivity contribution in [2.24, 2.45) is 0 Å². The van der Waals surface area contributed by atoms with Crippen LogP contribution in [0, 0.1) is 12.7 Å². The Morgan fingerprint density at radius 2 is 1.60 bits per heavy atom. The van der Waals surface area contributed by atoms with E-state index in [2.05, 4.69) is 43.0 Å². The number of aryl methyl sites for hydroxylation is 1. The van der Waals surface area contributed by atoms with E-state index < -0.39 is 11.4 Å². The zero-order chi connectivity index (χ0) is 21.6. The SMILES string of the molecule is Cc1[nH]c2[nH]n(-c3ccc(F)cc3)c(=O)c2c(=O)c1Cc1ccc(C(C)(C)C)cc1. The summed E-state index contributed by atoms with van der Waals surface area (Å²) in [5.74, 6) is -0.394. The van der Waals surface area contributed by atoms with E-state index in [1.807, 2.05) is 19.1 Å². The number of hydrogen-bond donors (Lipinski definition) is 2. The van der Waals surface area contributed by atoms with Crippen molar-refractivity contribution in [1.29, 1.82) is 0 Å². The maximum absolute atomic E-state index is 13.2. The number of hydrogen-bond acceptors (Lipinski definition) is 2. The summed E-state index contributed by atoms with van der Waals surface area (Å²) in [5.41, 5.74) is 3.63. The summed E-state index contributed by atoms with van der Waals surface area (Å²) in [7, 11) is 0. The van der Waals surface area contributed by atoms with E-state index in [0.717, 1.165) is 5.56 Å². The van der Waals surface area contributed by atoms with Gasteiger partial charge in [-0.3, -0.25) is 14.7 Å². The van der Waals surface area contributed by atoms with Crippen molar-refractivity contribution in [1.82, 2.24) is 14.8 Å². The molecule has 0 saturated carbocycles. The molecule has 0 aliphatic heterocycles. The van der Waals surface area contributed by atoms with Crippen molar-refractivity contribution >= 4 is 11.0 Å². The zero-order valence-corrected chi connectivity index (χ0v) is 17.5. The van der Waals surface area contributed by atoms with Gasteiger partial charge in [0.25, 0.3) is 5.56 Å². The van der Waals surface area contributed by atoms with Gasteiger partial charge in [-0.15, -0.1) is 0 Å². The van der Waals surface area contributed by atoms with Crippen LogP contribution in [-0.2, 0) is 11.8 Å². The van der Waals surface area contributed by atoms with Gasteiger partial charge in [0.15, 0.2) is 5.43 Å². The molecule has 0 saturated heterocycles. The number of aromatic nitrogens is 3. The number of nitrogens with one attached hydrogen (secondary N) is 2. The number of nitrogens with zero attached hydrogens (tertiary/aromatic N) is 1. The highest BCUT2D eigenvalue weighted by molar-refractivity contribution is 5.75. The Labute approximate surface area is 173 Å². The van der Waals surface area contributed by atoms with E-state index in [-0.39, 0.29) is 16.2 Å². The molecule has 2 aromatic carbocycles. The fraction of sp³-hybridized carbons (Fsp3) is 0.250. The van der Waals surface area contributed by atoms with Crippen LogP contribution < -0.4 is 11.0 Å². The first-order chi connectivity index (χ1) is 14.1. The maximum Gasteiger partial charge on any atom is 0.284 e. The topological polar surface area (TPSA) is 70.7 Å². The molecule has 6 heteroatoms. The number of rotatable bonds is 3. The number of H-pyrrole nitrogens is 2. The first kappa shape index (κ1) is 19.9. The fourth-order valence-electron chi connectivity index (χ4n) is 3.63. The van der Waals surface area contributed by atoms with E-state index in [1.54, 1.807) is 0 Å². The number of aromatic amines is 2. The number of halogens is 1. The summed E-state index contributed by atoms with van der Waals surface area (Å²) in [4.78, 5) is 29.3. The number of fused-ring (bicyclic) bond motifs is 1. The zero-order valence-electron chi connectivity index (χ0n) is 17.5. The highest BCUT2D eigenvalue weighted by atomic mass is 19.1. The lowest BCUT2D eigenvalue weighted by Crippen LogP contribution is -2.21. The van der Waals surface area contributed by atoms with Gasteiger partial charge in [0.05, 0.1) is 5.69 Å². The van der Waals surface area contributed by atoms with Crippen LogP contribution in [0.1, 0.15) is 43.2 Å². The summed E-state index contributed by atoms with van der Waals surface area (Å²) in [6.45, 7) is 8.29. The molecule has 2 aromatic heterocycles.